The second-order valence-electron chi connectivity index (χ2n) is 5.94. The van der Waals surface area contributed by atoms with E-state index in [0.717, 1.165) is 5.56 Å². The number of hydrogen-bond donors (Lipinski definition) is 1. The number of rotatable bonds is 3. The van der Waals surface area contributed by atoms with Gasteiger partial charge in [-0.3, -0.25) is 4.79 Å². The van der Waals surface area contributed by atoms with E-state index in [1.165, 1.54) is 0 Å². The molecule has 0 bridgehead atoms. The largest absolute Gasteiger partial charge is 0.394 e. The Morgan fingerprint density at radius 2 is 2.14 bits per heavy atom. The molecule has 0 saturated carbocycles. The van der Waals surface area contributed by atoms with Crippen LogP contribution in [0.5, 0.6) is 0 Å². The summed E-state index contributed by atoms with van der Waals surface area (Å²) in [6.45, 7) is 4.66. The molecule has 1 aliphatic rings. The van der Waals surface area contributed by atoms with Crippen LogP contribution in [0, 0.1) is 11.3 Å². The number of amides is 1. The second-order valence-corrected chi connectivity index (χ2v) is 5.94. The highest BCUT2D eigenvalue weighted by atomic mass is 16.5. The number of ether oxygens (including phenoxy) is 1. The first-order chi connectivity index (χ1) is 9.93. The van der Waals surface area contributed by atoms with Gasteiger partial charge in [-0.2, -0.15) is 5.26 Å². The van der Waals surface area contributed by atoms with E-state index in [0.29, 0.717) is 25.1 Å². The second kappa shape index (κ2) is 6.25. The minimum Gasteiger partial charge on any atom is -0.394 e. The number of benzene rings is 1. The molecule has 1 unspecified atom stereocenters. The summed E-state index contributed by atoms with van der Waals surface area (Å²) in [5.74, 6) is 0.00883. The van der Waals surface area contributed by atoms with Crippen molar-refractivity contribution in [2.24, 2.45) is 0 Å². The lowest BCUT2D eigenvalue weighted by molar-refractivity contribution is -0.166. The Morgan fingerprint density at radius 1 is 1.48 bits per heavy atom. The Bertz CT molecular complexity index is 546. The Morgan fingerprint density at radius 3 is 2.71 bits per heavy atom. The van der Waals surface area contributed by atoms with Gasteiger partial charge in [-0.05, 0) is 31.5 Å². The van der Waals surface area contributed by atoms with Gasteiger partial charge < -0.3 is 14.7 Å². The predicted octanol–water partition coefficient (Wildman–Crippen LogP) is 1.10. The SMILES string of the molecule is CC1(C)CN(C(=O)Cc2ccc(C#N)cc2)CC(CO)O1. The lowest BCUT2D eigenvalue weighted by atomic mass is 10.0. The molecule has 0 spiro atoms. The molecule has 2 rings (SSSR count). The zero-order valence-electron chi connectivity index (χ0n) is 12.4. The van der Waals surface area contributed by atoms with Gasteiger partial charge in [-0.25, -0.2) is 0 Å². The van der Waals surface area contributed by atoms with Crippen molar-refractivity contribution in [3.8, 4) is 6.07 Å². The Balaban J connectivity index is 2.03. The van der Waals surface area contributed by atoms with Gasteiger partial charge in [0.1, 0.15) is 0 Å². The zero-order valence-corrected chi connectivity index (χ0v) is 12.4. The molecule has 1 atom stereocenters. The Kier molecular flexibility index (Phi) is 4.61. The van der Waals surface area contributed by atoms with Crippen LogP contribution in [0.1, 0.15) is 25.0 Å². The van der Waals surface area contributed by atoms with Crippen molar-refractivity contribution in [1.82, 2.24) is 4.90 Å². The molecule has 1 N–H and O–H groups in total. The normalized spacial score (nSPS) is 20.9. The average Bonchev–Trinajstić information content (AvgIpc) is 2.46. The van der Waals surface area contributed by atoms with Gasteiger partial charge >= 0.3 is 0 Å². The number of nitrogens with zero attached hydrogens (tertiary/aromatic N) is 2. The van der Waals surface area contributed by atoms with E-state index in [9.17, 15) is 9.90 Å². The van der Waals surface area contributed by atoms with Gasteiger partial charge in [0.25, 0.3) is 0 Å². The highest BCUT2D eigenvalue weighted by molar-refractivity contribution is 5.79. The highest BCUT2D eigenvalue weighted by Gasteiger charge is 2.35. The molecule has 1 heterocycles. The number of carbonyl (C=O) groups is 1. The summed E-state index contributed by atoms with van der Waals surface area (Å²) in [4.78, 5) is 14.1. The maximum absolute atomic E-state index is 12.4. The minimum absolute atomic E-state index is 0.00883. The van der Waals surface area contributed by atoms with E-state index in [1.54, 1.807) is 29.2 Å². The summed E-state index contributed by atoms with van der Waals surface area (Å²) in [6, 6.07) is 9.07. The lowest BCUT2D eigenvalue weighted by Gasteiger charge is -2.42. The van der Waals surface area contributed by atoms with Gasteiger partial charge in [-0.15, -0.1) is 0 Å². The van der Waals surface area contributed by atoms with Gasteiger partial charge in [0.15, 0.2) is 0 Å². The number of carbonyl (C=O) groups excluding carboxylic acids is 1. The van der Waals surface area contributed by atoms with Crippen molar-refractivity contribution >= 4 is 5.91 Å². The van der Waals surface area contributed by atoms with Crippen molar-refractivity contribution in [3.63, 3.8) is 0 Å². The fourth-order valence-corrected chi connectivity index (χ4v) is 2.56. The van der Waals surface area contributed by atoms with Crippen LogP contribution < -0.4 is 0 Å². The minimum atomic E-state index is -0.452. The van der Waals surface area contributed by atoms with Crippen molar-refractivity contribution in [3.05, 3.63) is 35.4 Å². The van der Waals surface area contributed by atoms with E-state index in [2.05, 4.69) is 6.07 Å². The first kappa shape index (κ1) is 15.5. The van der Waals surface area contributed by atoms with E-state index >= 15 is 0 Å². The van der Waals surface area contributed by atoms with Gasteiger partial charge in [-0.1, -0.05) is 12.1 Å². The molecule has 0 radical (unpaired) electrons. The van der Waals surface area contributed by atoms with Crippen LogP contribution >= 0.6 is 0 Å². The summed E-state index contributed by atoms with van der Waals surface area (Å²) in [5, 5.41) is 18.0. The van der Waals surface area contributed by atoms with Crippen LogP contribution in [0.2, 0.25) is 0 Å². The summed E-state index contributed by atoms with van der Waals surface area (Å²) >= 11 is 0. The fourth-order valence-electron chi connectivity index (χ4n) is 2.56. The molecule has 0 aromatic heterocycles. The van der Waals surface area contributed by atoms with E-state index in [4.69, 9.17) is 10.00 Å². The molecule has 1 saturated heterocycles. The van der Waals surface area contributed by atoms with Crippen LogP contribution in [-0.2, 0) is 16.0 Å². The number of nitriles is 1. The topological polar surface area (TPSA) is 73.6 Å². The van der Waals surface area contributed by atoms with Crippen LogP contribution in [0.3, 0.4) is 0 Å². The van der Waals surface area contributed by atoms with Gasteiger partial charge in [0, 0.05) is 13.1 Å². The van der Waals surface area contributed by atoms with E-state index < -0.39 is 5.60 Å². The highest BCUT2D eigenvalue weighted by Crippen LogP contribution is 2.21. The Labute approximate surface area is 124 Å². The first-order valence-corrected chi connectivity index (χ1v) is 6.99. The van der Waals surface area contributed by atoms with Crippen LogP contribution in [0.25, 0.3) is 0 Å². The molecular weight excluding hydrogens is 268 g/mol. The quantitative estimate of drug-likeness (QED) is 0.904. The molecular formula is C16H20N2O3. The third-order valence-corrected chi connectivity index (χ3v) is 3.48. The maximum Gasteiger partial charge on any atom is 0.227 e. The molecule has 5 heteroatoms. The maximum atomic E-state index is 12.4. The smallest absolute Gasteiger partial charge is 0.227 e. The average molecular weight is 288 g/mol. The van der Waals surface area contributed by atoms with Crippen molar-refractivity contribution in [2.45, 2.75) is 32.0 Å². The number of aliphatic hydroxyl groups is 1. The molecule has 1 amide bonds. The van der Waals surface area contributed by atoms with Crippen LogP contribution in [0.15, 0.2) is 24.3 Å². The van der Waals surface area contributed by atoms with Crippen molar-refractivity contribution in [1.29, 1.82) is 5.26 Å². The molecule has 1 aromatic carbocycles. The molecule has 112 valence electrons. The van der Waals surface area contributed by atoms with E-state index in [1.807, 2.05) is 13.8 Å². The molecule has 5 nitrogen and oxygen atoms in total. The summed E-state index contributed by atoms with van der Waals surface area (Å²) in [7, 11) is 0. The summed E-state index contributed by atoms with van der Waals surface area (Å²) in [5.41, 5.74) is 1.01. The standard InChI is InChI=1S/C16H20N2O3/c1-16(2)11-18(9-14(10-19)21-16)15(20)7-12-3-5-13(8-17)6-4-12/h3-6,14,19H,7,9-11H2,1-2H3. The third-order valence-electron chi connectivity index (χ3n) is 3.48. The van der Waals surface area contributed by atoms with Crippen molar-refractivity contribution < 1.29 is 14.6 Å². The monoisotopic (exact) mass is 288 g/mol. The summed E-state index contributed by atoms with van der Waals surface area (Å²) < 4.78 is 5.70. The fraction of sp³-hybridized carbons (Fsp3) is 0.500. The molecule has 1 fully saturated rings. The molecule has 1 aliphatic heterocycles. The van der Waals surface area contributed by atoms with Gasteiger partial charge in [0.2, 0.25) is 5.91 Å². The van der Waals surface area contributed by atoms with E-state index in [-0.39, 0.29) is 18.6 Å². The van der Waals surface area contributed by atoms with Crippen molar-refractivity contribution in [2.75, 3.05) is 19.7 Å². The number of hydrogen-bond acceptors (Lipinski definition) is 4. The molecule has 1 aromatic rings. The first-order valence-electron chi connectivity index (χ1n) is 6.99. The number of aliphatic hydroxyl groups excluding tert-OH is 1. The van der Waals surface area contributed by atoms with Gasteiger partial charge in [0.05, 0.1) is 36.4 Å². The summed E-state index contributed by atoms with van der Waals surface area (Å²) in [6.07, 6.45) is -0.0430. The Hall–Kier alpha value is -1.90. The zero-order chi connectivity index (χ0) is 15.5. The number of morpholine rings is 1. The molecule has 21 heavy (non-hydrogen) atoms. The lowest BCUT2D eigenvalue weighted by Crippen LogP contribution is -2.55. The molecule has 0 aliphatic carbocycles. The van der Waals surface area contributed by atoms with Crippen LogP contribution in [0.4, 0.5) is 0 Å². The third kappa shape index (κ3) is 4.03. The predicted molar refractivity (Wildman–Crippen MR) is 77.5 cm³/mol. The van der Waals surface area contributed by atoms with Crippen LogP contribution in [-0.4, -0.2) is 47.3 Å².